The third-order valence-electron chi connectivity index (χ3n) is 8.10. The van der Waals surface area contributed by atoms with Gasteiger partial charge in [0.05, 0.1) is 36.2 Å². The number of aromatic nitrogens is 3. The summed E-state index contributed by atoms with van der Waals surface area (Å²) in [5.74, 6) is 1.20. The third kappa shape index (κ3) is 5.62. The van der Waals surface area contributed by atoms with Crippen molar-refractivity contribution in [2.45, 2.75) is 57.6 Å². The normalized spacial score (nSPS) is 24.2. The zero-order valence-corrected chi connectivity index (χ0v) is 21.4. The van der Waals surface area contributed by atoms with Crippen LogP contribution in [0, 0.1) is 24.2 Å². The molecule has 5 rings (SSSR count). The van der Waals surface area contributed by atoms with Crippen LogP contribution in [-0.2, 0) is 9.53 Å². The van der Waals surface area contributed by atoms with Crippen LogP contribution in [0.4, 0.5) is 11.5 Å². The summed E-state index contributed by atoms with van der Waals surface area (Å²) in [5.41, 5.74) is 2.02. The molecule has 1 saturated carbocycles. The van der Waals surface area contributed by atoms with E-state index < -0.39 is 0 Å². The zero-order valence-electron chi connectivity index (χ0n) is 21.4. The lowest BCUT2D eigenvalue weighted by Gasteiger charge is -2.38. The molecule has 3 aliphatic rings. The summed E-state index contributed by atoms with van der Waals surface area (Å²) < 4.78 is 6.34. The van der Waals surface area contributed by atoms with Crippen LogP contribution in [0.3, 0.4) is 0 Å². The van der Waals surface area contributed by atoms with E-state index in [2.05, 4.69) is 31.1 Å². The Bertz CT molecular complexity index is 1180. The average molecular weight is 506 g/mol. The van der Waals surface area contributed by atoms with Gasteiger partial charge in [-0.2, -0.15) is 10.4 Å². The van der Waals surface area contributed by atoms with Crippen LogP contribution >= 0.6 is 0 Å². The number of hydrogen-bond donors (Lipinski definition) is 1. The molecule has 2 aromatic rings. The number of H-pyrrole nitrogens is 1. The number of anilines is 2. The monoisotopic (exact) mass is 505 g/mol. The molecule has 196 valence electrons. The molecule has 1 atom stereocenters. The molecule has 0 radical (unpaired) electrons. The molecule has 0 bridgehead atoms. The number of piperazine rings is 1. The fraction of sp³-hybridized carbons (Fsp3) is 0.593. The Kier molecular flexibility index (Phi) is 7.70. The summed E-state index contributed by atoms with van der Waals surface area (Å²) in [6, 6.07) is 6.01. The van der Waals surface area contributed by atoms with Crippen molar-refractivity contribution < 1.29 is 9.53 Å². The number of aromatic amines is 1. The molecule has 2 saturated heterocycles. The highest BCUT2D eigenvalue weighted by atomic mass is 16.5. The molecule has 10 heteroatoms. The van der Waals surface area contributed by atoms with E-state index in [0.29, 0.717) is 30.8 Å². The number of pyridine rings is 1. The maximum absolute atomic E-state index is 13.2. The lowest BCUT2D eigenvalue weighted by Crippen LogP contribution is -2.51. The van der Waals surface area contributed by atoms with Gasteiger partial charge in [0.25, 0.3) is 5.56 Å². The van der Waals surface area contributed by atoms with Gasteiger partial charge in [-0.25, -0.2) is 10.1 Å². The van der Waals surface area contributed by atoms with Crippen LogP contribution in [0.15, 0.2) is 29.3 Å². The highest BCUT2D eigenvalue weighted by Crippen LogP contribution is 2.31. The van der Waals surface area contributed by atoms with E-state index in [9.17, 15) is 9.59 Å². The maximum atomic E-state index is 13.2. The van der Waals surface area contributed by atoms with Crippen molar-refractivity contribution >= 4 is 17.4 Å². The van der Waals surface area contributed by atoms with Crippen molar-refractivity contribution in [3.05, 3.63) is 46.0 Å². The smallest absolute Gasteiger partial charge is 0.269 e. The molecule has 10 nitrogen and oxygen atoms in total. The first-order chi connectivity index (χ1) is 18.0. The van der Waals surface area contributed by atoms with Crippen molar-refractivity contribution in [1.29, 1.82) is 5.26 Å². The number of carbonyl (C=O) groups is 1. The number of hydrogen-bond acceptors (Lipinski definition) is 8. The Labute approximate surface area is 217 Å². The maximum Gasteiger partial charge on any atom is 0.269 e. The number of rotatable bonds is 6. The fourth-order valence-electron chi connectivity index (χ4n) is 5.84. The summed E-state index contributed by atoms with van der Waals surface area (Å²) in [6.45, 7) is 6.30. The topological polar surface area (TPSA) is 118 Å². The van der Waals surface area contributed by atoms with Gasteiger partial charge < -0.3 is 19.4 Å². The SMILES string of the molecule is Cc1c(N2CCC[C@H]2CO[C@H]2CC[C@@H](C(=O)N3CCN(c4ccc(C#N)cn4)CC3)CC2)cn[nH]c1=O. The Balaban J connectivity index is 1.06. The van der Waals surface area contributed by atoms with Gasteiger partial charge in [-0.3, -0.25) is 9.59 Å². The molecule has 0 aromatic carbocycles. The molecule has 4 heterocycles. The molecular weight excluding hydrogens is 470 g/mol. The molecule has 1 amide bonds. The Morgan fingerprint density at radius 2 is 1.89 bits per heavy atom. The Morgan fingerprint density at radius 3 is 2.59 bits per heavy atom. The first kappa shape index (κ1) is 25.2. The number of ether oxygens (including phenoxy) is 1. The van der Waals surface area contributed by atoms with E-state index in [4.69, 9.17) is 10.00 Å². The van der Waals surface area contributed by atoms with Crippen molar-refractivity contribution in [3.63, 3.8) is 0 Å². The highest BCUT2D eigenvalue weighted by molar-refractivity contribution is 5.79. The minimum absolute atomic E-state index is 0.0761. The predicted octanol–water partition coefficient (Wildman–Crippen LogP) is 2.24. The summed E-state index contributed by atoms with van der Waals surface area (Å²) in [5, 5.41) is 15.4. The number of nitrogens with zero attached hydrogens (tertiary/aromatic N) is 6. The van der Waals surface area contributed by atoms with E-state index in [-0.39, 0.29) is 29.5 Å². The van der Waals surface area contributed by atoms with E-state index in [1.165, 1.54) is 0 Å². The number of amides is 1. The largest absolute Gasteiger partial charge is 0.376 e. The molecule has 0 spiro atoms. The van der Waals surface area contributed by atoms with Gasteiger partial charge in [0.2, 0.25) is 5.91 Å². The first-order valence-electron chi connectivity index (χ1n) is 13.4. The minimum atomic E-state index is -0.139. The summed E-state index contributed by atoms with van der Waals surface area (Å²) in [7, 11) is 0. The Morgan fingerprint density at radius 1 is 1.11 bits per heavy atom. The van der Waals surface area contributed by atoms with Gasteiger partial charge >= 0.3 is 0 Å². The van der Waals surface area contributed by atoms with E-state index in [1.54, 1.807) is 18.5 Å². The number of nitrogens with one attached hydrogen (secondary N) is 1. The summed E-state index contributed by atoms with van der Waals surface area (Å²) in [6.07, 6.45) is 9.20. The summed E-state index contributed by atoms with van der Waals surface area (Å²) >= 11 is 0. The quantitative estimate of drug-likeness (QED) is 0.635. The van der Waals surface area contributed by atoms with Gasteiger partial charge in [-0.15, -0.1) is 0 Å². The lowest BCUT2D eigenvalue weighted by atomic mass is 9.86. The van der Waals surface area contributed by atoms with Crippen molar-refractivity contribution in [2.75, 3.05) is 49.1 Å². The molecule has 2 aliphatic heterocycles. The molecular formula is C27H35N7O3. The van der Waals surface area contributed by atoms with Crippen LogP contribution in [0.25, 0.3) is 0 Å². The van der Waals surface area contributed by atoms with Gasteiger partial charge in [0.15, 0.2) is 0 Å². The Hall–Kier alpha value is -3.45. The average Bonchev–Trinajstić information content (AvgIpc) is 3.42. The van der Waals surface area contributed by atoms with E-state index in [1.807, 2.05) is 17.9 Å². The summed E-state index contributed by atoms with van der Waals surface area (Å²) in [4.78, 5) is 36.0. The third-order valence-corrected chi connectivity index (χ3v) is 8.10. The standard InChI is InChI=1S/C27H35N7O3/c1-19-24(17-30-31-26(19)35)34-10-2-3-22(34)18-37-23-7-5-21(6-8-23)27(36)33-13-11-32(12-14-33)25-9-4-20(15-28)16-29-25/h4,9,16-17,21-23H,2-3,5-8,10-14,18H2,1H3,(H,31,35)/t21-,22-,23+/m0/s1. The lowest BCUT2D eigenvalue weighted by molar-refractivity contribution is -0.138. The number of carbonyl (C=O) groups excluding carboxylic acids is 1. The van der Waals surface area contributed by atoms with Crippen LogP contribution in [0.2, 0.25) is 0 Å². The van der Waals surface area contributed by atoms with Gasteiger partial charge in [-0.1, -0.05) is 0 Å². The second-order valence-electron chi connectivity index (χ2n) is 10.3. The van der Waals surface area contributed by atoms with Crippen molar-refractivity contribution in [2.24, 2.45) is 5.92 Å². The van der Waals surface area contributed by atoms with Crippen LogP contribution in [0.1, 0.15) is 49.7 Å². The van der Waals surface area contributed by atoms with Crippen molar-refractivity contribution in [3.8, 4) is 6.07 Å². The second-order valence-corrected chi connectivity index (χ2v) is 10.3. The molecule has 3 fully saturated rings. The van der Waals surface area contributed by atoms with E-state index in [0.717, 1.165) is 69.7 Å². The number of nitriles is 1. The van der Waals surface area contributed by atoms with Crippen LogP contribution in [-0.4, -0.2) is 77.5 Å². The fourth-order valence-corrected chi connectivity index (χ4v) is 5.84. The highest BCUT2D eigenvalue weighted by Gasteiger charge is 2.33. The molecule has 2 aromatic heterocycles. The van der Waals surface area contributed by atoms with Crippen molar-refractivity contribution in [1.82, 2.24) is 20.1 Å². The molecule has 1 aliphatic carbocycles. The van der Waals surface area contributed by atoms with Crippen LogP contribution in [0.5, 0.6) is 0 Å². The van der Waals surface area contributed by atoms with Gasteiger partial charge in [-0.05, 0) is 57.6 Å². The van der Waals surface area contributed by atoms with E-state index >= 15 is 0 Å². The van der Waals surface area contributed by atoms with Gasteiger partial charge in [0, 0.05) is 50.4 Å². The zero-order chi connectivity index (χ0) is 25.8. The predicted molar refractivity (Wildman–Crippen MR) is 139 cm³/mol. The second kappa shape index (κ2) is 11.3. The first-order valence-corrected chi connectivity index (χ1v) is 13.4. The minimum Gasteiger partial charge on any atom is -0.376 e. The molecule has 0 unspecified atom stereocenters. The molecule has 1 N–H and O–H groups in total. The van der Waals surface area contributed by atoms with Crippen LogP contribution < -0.4 is 15.4 Å². The van der Waals surface area contributed by atoms with Gasteiger partial charge in [0.1, 0.15) is 11.9 Å². The molecule has 37 heavy (non-hydrogen) atoms.